The number of carboxylic acids is 1. The number of hydrogen-bond acceptors (Lipinski definition) is 4. The summed E-state index contributed by atoms with van der Waals surface area (Å²) in [5.74, 6) is -2.13. The number of carboxylic acid groups (broad SMARTS) is 1. The minimum atomic E-state index is -1.17. The second kappa shape index (κ2) is 8.03. The number of carbonyl (C=O) groups excluding carboxylic acids is 2. The molecule has 0 saturated heterocycles. The molecule has 0 saturated carbocycles. The first kappa shape index (κ1) is 18.6. The maximum absolute atomic E-state index is 12.1. The van der Waals surface area contributed by atoms with E-state index in [9.17, 15) is 14.4 Å². The summed E-state index contributed by atoms with van der Waals surface area (Å²) in [6.45, 7) is 1.44. The smallest absolute Gasteiger partial charge is 0.326 e. The summed E-state index contributed by atoms with van der Waals surface area (Å²) in [7, 11) is 0. The first-order valence-electron chi connectivity index (χ1n) is 8.81. The van der Waals surface area contributed by atoms with Crippen LogP contribution < -0.4 is 5.32 Å². The third-order valence-electron chi connectivity index (χ3n) is 4.69. The van der Waals surface area contributed by atoms with Gasteiger partial charge in [-0.2, -0.15) is 0 Å². The number of carbonyl (C=O) groups is 3. The topological polar surface area (TPSA) is 92.7 Å². The number of aliphatic carboxylic acids is 1. The molecule has 0 fully saturated rings. The average molecular weight is 367 g/mol. The SMILES string of the molecule is CC(=O)N[C@@H](CCC(=O)OCC1c2ccccc2-c2ccccc21)C(=O)O. The summed E-state index contributed by atoms with van der Waals surface area (Å²) in [4.78, 5) is 34.3. The number of nitrogens with one attached hydrogen (secondary N) is 1. The van der Waals surface area contributed by atoms with Crippen molar-refractivity contribution in [3.63, 3.8) is 0 Å². The van der Waals surface area contributed by atoms with Crippen molar-refractivity contribution in [2.45, 2.75) is 31.7 Å². The predicted octanol–water partition coefficient (Wildman–Crippen LogP) is 2.71. The van der Waals surface area contributed by atoms with Crippen LogP contribution in [0.5, 0.6) is 0 Å². The number of esters is 1. The van der Waals surface area contributed by atoms with Crippen LogP contribution in [0.4, 0.5) is 0 Å². The molecule has 0 radical (unpaired) electrons. The summed E-state index contributed by atoms with van der Waals surface area (Å²) in [6.07, 6.45) is -0.0845. The Morgan fingerprint density at radius 2 is 1.59 bits per heavy atom. The van der Waals surface area contributed by atoms with E-state index >= 15 is 0 Å². The van der Waals surface area contributed by atoms with Crippen molar-refractivity contribution in [3.05, 3.63) is 59.7 Å². The Labute approximate surface area is 157 Å². The highest BCUT2D eigenvalue weighted by Crippen LogP contribution is 2.44. The molecule has 0 aromatic heterocycles. The highest BCUT2D eigenvalue weighted by Gasteiger charge is 2.29. The van der Waals surface area contributed by atoms with Gasteiger partial charge in [-0.1, -0.05) is 48.5 Å². The molecule has 2 aromatic carbocycles. The molecule has 1 atom stereocenters. The van der Waals surface area contributed by atoms with Crippen molar-refractivity contribution in [3.8, 4) is 11.1 Å². The fourth-order valence-electron chi connectivity index (χ4n) is 3.45. The molecule has 0 unspecified atom stereocenters. The molecule has 3 rings (SSSR count). The number of rotatable bonds is 7. The van der Waals surface area contributed by atoms with Crippen molar-refractivity contribution in [2.24, 2.45) is 0 Å². The second-order valence-electron chi connectivity index (χ2n) is 6.54. The van der Waals surface area contributed by atoms with Crippen LogP contribution in [-0.2, 0) is 19.1 Å². The van der Waals surface area contributed by atoms with Gasteiger partial charge in [0.15, 0.2) is 0 Å². The Bertz CT molecular complexity index is 831. The number of fused-ring (bicyclic) bond motifs is 3. The van der Waals surface area contributed by atoms with Gasteiger partial charge in [0.2, 0.25) is 5.91 Å². The average Bonchev–Trinajstić information content (AvgIpc) is 2.97. The number of benzene rings is 2. The molecule has 6 heteroatoms. The van der Waals surface area contributed by atoms with Gasteiger partial charge in [-0.15, -0.1) is 0 Å². The summed E-state index contributed by atoms with van der Waals surface area (Å²) < 4.78 is 5.43. The van der Waals surface area contributed by atoms with Crippen LogP contribution in [-0.4, -0.2) is 35.6 Å². The lowest BCUT2D eigenvalue weighted by Gasteiger charge is -2.15. The molecule has 2 N–H and O–H groups in total. The summed E-state index contributed by atoms with van der Waals surface area (Å²) in [5, 5.41) is 11.4. The lowest BCUT2D eigenvalue weighted by Crippen LogP contribution is -2.39. The normalized spacial score (nSPS) is 13.4. The van der Waals surface area contributed by atoms with E-state index in [2.05, 4.69) is 17.4 Å². The van der Waals surface area contributed by atoms with Gasteiger partial charge < -0.3 is 15.2 Å². The first-order chi connectivity index (χ1) is 13.0. The van der Waals surface area contributed by atoms with E-state index in [1.165, 1.54) is 6.92 Å². The van der Waals surface area contributed by atoms with Crippen LogP contribution in [0.1, 0.15) is 36.8 Å². The maximum Gasteiger partial charge on any atom is 0.326 e. The third kappa shape index (κ3) is 4.16. The van der Waals surface area contributed by atoms with Gasteiger partial charge in [0.25, 0.3) is 0 Å². The standard InChI is InChI=1S/C21H21NO5/c1-13(23)22-19(21(25)26)10-11-20(24)27-12-18-16-8-4-2-6-14(16)15-7-3-5-9-17(15)18/h2-9,18-19H,10-12H2,1H3,(H,22,23)(H,25,26)/t19-/m0/s1. The predicted molar refractivity (Wildman–Crippen MR) is 99.2 cm³/mol. The molecule has 0 heterocycles. The van der Waals surface area contributed by atoms with Gasteiger partial charge in [-0.3, -0.25) is 9.59 Å². The van der Waals surface area contributed by atoms with Gasteiger partial charge in [-0.05, 0) is 28.7 Å². The Morgan fingerprint density at radius 3 is 2.11 bits per heavy atom. The molecule has 1 amide bonds. The molecular formula is C21H21NO5. The third-order valence-corrected chi connectivity index (χ3v) is 4.69. The van der Waals surface area contributed by atoms with Crippen molar-refractivity contribution >= 4 is 17.8 Å². The van der Waals surface area contributed by atoms with E-state index in [1.54, 1.807) is 0 Å². The second-order valence-corrected chi connectivity index (χ2v) is 6.54. The molecule has 1 aliphatic carbocycles. The van der Waals surface area contributed by atoms with Crippen LogP contribution in [0.2, 0.25) is 0 Å². The molecule has 0 bridgehead atoms. The van der Waals surface area contributed by atoms with E-state index in [4.69, 9.17) is 9.84 Å². The van der Waals surface area contributed by atoms with Crippen molar-refractivity contribution in [1.82, 2.24) is 5.32 Å². The zero-order valence-corrected chi connectivity index (χ0v) is 15.0. The van der Waals surface area contributed by atoms with E-state index in [-0.39, 0.29) is 25.4 Å². The molecular weight excluding hydrogens is 346 g/mol. The molecule has 0 spiro atoms. The first-order valence-corrected chi connectivity index (χ1v) is 8.81. The molecule has 1 aliphatic rings. The zero-order chi connectivity index (χ0) is 19.4. The van der Waals surface area contributed by atoms with Crippen molar-refractivity contribution < 1.29 is 24.2 Å². The van der Waals surface area contributed by atoms with Crippen LogP contribution in [0.25, 0.3) is 11.1 Å². The molecule has 0 aliphatic heterocycles. The lowest BCUT2D eigenvalue weighted by molar-refractivity contribution is -0.145. The Hall–Kier alpha value is -3.15. The Kier molecular flexibility index (Phi) is 5.54. The van der Waals surface area contributed by atoms with Gasteiger partial charge in [0.05, 0.1) is 0 Å². The minimum absolute atomic E-state index is 0.00835. The Balaban J connectivity index is 1.62. The quantitative estimate of drug-likeness (QED) is 0.734. The summed E-state index contributed by atoms with van der Waals surface area (Å²) >= 11 is 0. The van der Waals surface area contributed by atoms with E-state index < -0.39 is 23.9 Å². The summed E-state index contributed by atoms with van der Waals surface area (Å²) in [6, 6.07) is 15.0. The number of hydrogen-bond donors (Lipinski definition) is 2. The zero-order valence-electron chi connectivity index (χ0n) is 15.0. The lowest BCUT2D eigenvalue weighted by atomic mass is 9.98. The number of amides is 1. The fourth-order valence-corrected chi connectivity index (χ4v) is 3.45. The largest absolute Gasteiger partial charge is 0.480 e. The molecule has 6 nitrogen and oxygen atoms in total. The Morgan fingerprint density at radius 1 is 1.04 bits per heavy atom. The van der Waals surface area contributed by atoms with E-state index in [1.807, 2.05) is 36.4 Å². The molecule has 140 valence electrons. The van der Waals surface area contributed by atoms with Crippen molar-refractivity contribution in [2.75, 3.05) is 6.61 Å². The highest BCUT2D eigenvalue weighted by atomic mass is 16.5. The molecule has 2 aromatic rings. The van der Waals surface area contributed by atoms with Crippen LogP contribution in [0.3, 0.4) is 0 Å². The maximum atomic E-state index is 12.1. The van der Waals surface area contributed by atoms with Gasteiger partial charge in [-0.25, -0.2) is 4.79 Å². The van der Waals surface area contributed by atoms with E-state index in [0.29, 0.717) is 0 Å². The highest BCUT2D eigenvalue weighted by molar-refractivity contribution is 5.83. The van der Waals surface area contributed by atoms with Gasteiger partial charge in [0, 0.05) is 19.3 Å². The molecule has 27 heavy (non-hydrogen) atoms. The van der Waals surface area contributed by atoms with Crippen LogP contribution >= 0.6 is 0 Å². The van der Waals surface area contributed by atoms with E-state index in [0.717, 1.165) is 22.3 Å². The monoisotopic (exact) mass is 367 g/mol. The summed E-state index contributed by atoms with van der Waals surface area (Å²) in [5.41, 5.74) is 4.53. The van der Waals surface area contributed by atoms with Crippen molar-refractivity contribution in [1.29, 1.82) is 0 Å². The minimum Gasteiger partial charge on any atom is -0.480 e. The van der Waals surface area contributed by atoms with Gasteiger partial charge in [0.1, 0.15) is 12.6 Å². The number of ether oxygens (including phenoxy) is 1. The van der Waals surface area contributed by atoms with Crippen LogP contribution in [0.15, 0.2) is 48.5 Å². The van der Waals surface area contributed by atoms with Crippen LogP contribution in [0, 0.1) is 0 Å². The van der Waals surface area contributed by atoms with Gasteiger partial charge >= 0.3 is 11.9 Å². The fraction of sp³-hybridized carbons (Fsp3) is 0.286.